The molecule has 2 rings (SSSR count). The van der Waals surface area contributed by atoms with Gasteiger partial charge in [0.05, 0.1) is 7.11 Å². The van der Waals surface area contributed by atoms with Gasteiger partial charge in [0.2, 0.25) is 0 Å². The van der Waals surface area contributed by atoms with Crippen LogP contribution < -0.4 is 5.48 Å². The number of hydrogen-bond donors (Lipinski definition) is 1. The van der Waals surface area contributed by atoms with Gasteiger partial charge >= 0.3 is 0 Å². The molecule has 0 amide bonds. The average molecular weight is 207 g/mol. The molecule has 84 valence electrons. The molecule has 1 aromatic carbocycles. The Kier molecular flexibility index (Phi) is 6.88. The van der Waals surface area contributed by atoms with Gasteiger partial charge in [-0.15, -0.1) is 0 Å². The van der Waals surface area contributed by atoms with E-state index in [2.05, 4.69) is 5.48 Å². The third kappa shape index (κ3) is 6.26. The highest BCUT2D eigenvalue weighted by molar-refractivity contribution is 4.99. The summed E-state index contributed by atoms with van der Waals surface area (Å²) in [4.78, 5) is 4.83. The molecule has 0 radical (unpaired) electrons. The predicted octanol–water partition coefficient (Wildman–Crippen LogP) is 3.16. The zero-order valence-corrected chi connectivity index (χ0v) is 9.49. The number of rotatable bonds is 2. The molecule has 0 atom stereocenters. The van der Waals surface area contributed by atoms with Crippen molar-refractivity contribution in [3.8, 4) is 0 Å². The summed E-state index contributed by atoms with van der Waals surface area (Å²) in [5.41, 5.74) is 2.98. The van der Waals surface area contributed by atoms with Gasteiger partial charge in [0.15, 0.2) is 0 Å². The fourth-order valence-corrected chi connectivity index (χ4v) is 1.77. The molecule has 1 N–H and O–H groups in total. The Labute approximate surface area is 92.6 Å². The zero-order valence-electron chi connectivity index (χ0n) is 9.49. The number of benzene rings is 1. The summed E-state index contributed by atoms with van der Waals surface area (Å²) in [6.45, 7) is 0. The van der Waals surface area contributed by atoms with Crippen molar-refractivity contribution < 1.29 is 4.84 Å². The van der Waals surface area contributed by atoms with Crippen LogP contribution in [0.15, 0.2) is 36.4 Å². The molecule has 0 spiro atoms. The largest absolute Gasteiger partial charge is 0.305 e. The summed E-state index contributed by atoms with van der Waals surface area (Å²) in [7, 11) is 1.69. The molecule has 1 saturated carbocycles. The lowest BCUT2D eigenvalue weighted by molar-refractivity contribution is 0.0489. The van der Waals surface area contributed by atoms with Crippen LogP contribution in [0.5, 0.6) is 0 Å². The van der Waals surface area contributed by atoms with Gasteiger partial charge in [-0.3, -0.25) is 0 Å². The lowest BCUT2D eigenvalue weighted by Gasteiger charge is -2.20. The normalized spacial score (nSPS) is 16.6. The van der Waals surface area contributed by atoms with E-state index >= 15 is 0 Å². The summed E-state index contributed by atoms with van der Waals surface area (Å²) in [6, 6.07) is 12.6. The molecule has 0 saturated heterocycles. The topological polar surface area (TPSA) is 21.3 Å². The van der Waals surface area contributed by atoms with E-state index in [1.165, 1.54) is 32.1 Å². The van der Waals surface area contributed by atoms with E-state index in [-0.39, 0.29) is 0 Å². The summed E-state index contributed by atoms with van der Waals surface area (Å²) < 4.78 is 0. The Morgan fingerprint density at radius 1 is 0.867 bits per heavy atom. The molecular weight excluding hydrogens is 186 g/mol. The monoisotopic (exact) mass is 207 g/mol. The minimum Gasteiger partial charge on any atom is -0.305 e. The van der Waals surface area contributed by atoms with Gasteiger partial charge in [0.1, 0.15) is 0 Å². The molecule has 2 heteroatoms. The SMILES string of the molecule is CONC1CCCCC1.c1ccccc1. The third-order valence-electron chi connectivity index (χ3n) is 2.56. The van der Waals surface area contributed by atoms with Crippen molar-refractivity contribution in [2.45, 2.75) is 38.1 Å². The quantitative estimate of drug-likeness (QED) is 0.752. The molecule has 1 fully saturated rings. The van der Waals surface area contributed by atoms with Crippen molar-refractivity contribution in [2.24, 2.45) is 0 Å². The second-order valence-electron chi connectivity index (χ2n) is 3.81. The summed E-state index contributed by atoms with van der Waals surface area (Å²) in [5, 5.41) is 0. The molecule has 2 nitrogen and oxygen atoms in total. The first-order valence-corrected chi connectivity index (χ1v) is 5.72. The Balaban J connectivity index is 0.000000162. The second-order valence-corrected chi connectivity index (χ2v) is 3.81. The van der Waals surface area contributed by atoms with Gasteiger partial charge < -0.3 is 4.84 Å². The standard InChI is InChI=1S/C7H15NO.C6H6/c1-9-8-7-5-3-2-4-6-7;1-2-4-6-5-3-1/h7-8H,2-6H2,1H3;1-6H. The van der Waals surface area contributed by atoms with Crippen molar-refractivity contribution >= 4 is 0 Å². The van der Waals surface area contributed by atoms with E-state index in [0.29, 0.717) is 6.04 Å². The van der Waals surface area contributed by atoms with Crippen LogP contribution in [-0.4, -0.2) is 13.2 Å². The number of hydroxylamine groups is 1. The smallest absolute Gasteiger partial charge is 0.0572 e. The van der Waals surface area contributed by atoms with E-state index in [4.69, 9.17) is 4.84 Å². The lowest BCUT2D eigenvalue weighted by Crippen LogP contribution is -2.29. The summed E-state index contributed by atoms with van der Waals surface area (Å²) >= 11 is 0. The van der Waals surface area contributed by atoms with Crippen LogP contribution >= 0.6 is 0 Å². The first-order valence-electron chi connectivity index (χ1n) is 5.72. The van der Waals surface area contributed by atoms with Crippen LogP contribution in [0.3, 0.4) is 0 Å². The van der Waals surface area contributed by atoms with Gasteiger partial charge in [-0.2, -0.15) is 5.48 Å². The van der Waals surface area contributed by atoms with Gasteiger partial charge in [-0.1, -0.05) is 55.7 Å². The van der Waals surface area contributed by atoms with Gasteiger partial charge in [0, 0.05) is 6.04 Å². The van der Waals surface area contributed by atoms with Crippen molar-refractivity contribution in [3.63, 3.8) is 0 Å². The number of nitrogens with one attached hydrogen (secondary N) is 1. The molecule has 0 aliphatic heterocycles. The van der Waals surface area contributed by atoms with Crippen molar-refractivity contribution in [1.29, 1.82) is 0 Å². The molecule has 0 bridgehead atoms. The Morgan fingerprint density at radius 2 is 1.33 bits per heavy atom. The first kappa shape index (κ1) is 12.2. The molecule has 0 heterocycles. The van der Waals surface area contributed by atoms with Crippen molar-refractivity contribution in [1.82, 2.24) is 5.48 Å². The molecule has 0 unspecified atom stereocenters. The van der Waals surface area contributed by atoms with Crippen LogP contribution in [0.4, 0.5) is 0 Å². The first-order chi connectivity index (χ1) is 7.43. The van der Waals surface area contributed by atoms with Crippen LogP contribution in [0.1, 0.15) is 32.1 Å². The van der Waals surface area contributed by atoms with Crippen LogP contribution in [0.25, 0.3) is 0 Å². The fraction of sp³-hybridized carbons (Fsp3) is 0.538. The average Bonchev–Trinajstić information content (AvgIpc) is 2.34. The van der Waals surface area contributed by atoms with Crippen molar-refractivity contribution in [2.75, 3.05) is 7.11 Å². The molecule has 0 aromatic heterocycles. The van der Waals surface area contributed by atoms with Crippen molar-refractivity contribution in [3.05, 3.63) is 36.4 Å². The maximum atomic E-state index is 4.83. The van der Waals surface area contributed by atoms with Gasteiger partial charge in [-0.25, -0.2) is 0 Å². The molecule has 1 aliphatic rings. The van der Waals surface area contributed by atoms with Gasteiger partial charge in [0.25, 0.3) is 0 Å². The minimum atomic E-state index is 0.628. The Hall–Kier alpha value is -0.860. The highest BCUT2D eigenvalue weighted by Crippen LogP contribution is 2.16. The highest BCUT2D eigenvalue weighted by Gasteiger charge is 2.11. The van der Waals surface area contributed by atoms with E-state index in [1.54, 1.807) is 7.11 Å². The predicted molar refractivity (Wildman–Crippen MR) is 63.5 cm³/mol. The maximum absolute atomic E-state index is 4.83. The third-order valence-corrected chi connectivity index (χ3v) is 2.56. The number of hydrogen-bond acceptors (Lipinski definition) is 2. The summed E-state index contributed by atoms with van der Waals surface area (Å²) in [6.07, 6.45) is 6.70. The van der Waals surface area contributed by atoms with E-state index in [9.17, 15) is 0 Å². The van der Waals surface area contributed by atoms with E-state index < -0.39 is 0 Å². The molecule has 1 aromatic rings. The Morgan fingerprint density at radius 3 is 1.73 bits per heavy atom. The van der Waals surface area contributed by atoms with Crippen LogP contribution in [0, 0.1) is 0 Å². The second kappa shape index (κ2) is 8.45. The summed E-state index contributed by atoms with van der Waals surface area (Å²) in [5.74, 6) is 0. The molecular formula is C13H21NO. The maximum Gasteiger partial charge on any atom is 0.0572 e. The minimum absolute atomic E-state index is 0.628. The van der Waals surface area contributed by atoms with Gasteiger partial charge in [-0.05, 0) is 12.8 Å². The Bertz CT molecular complexity index is 190. The van der Waals surface area contributed by atoms with E-state index in [1.807, 2.05) is 36.4 Å². The van der Waals surface area contributed by atoms with E-state index in [0.717, 1.165) is 0 Å². The van der Waals surface area contributed by atoms with Crippen LogP contribution in [-0.2, 0) is 4.84 Å². The molecule has 15 heavy (non-hydrogen) atoms. The fourth-order valence-electron chi connectivity index (χ4n) is 1.77. The molecule has 1 aliphatic carbocycles. The zero-order chi connectivity index (χ0) is 10.8. The lowest BCUT2D eigenvalue weighted by atomic mass is 9.96. The highest BCUT2D eigenvalue weighted by atomic mass is 16.6. The van der Waals surface area contributed by atoms with Crippen LogP contribution in [0.2, 0.25) is 0 Å².